The Morgan fingerprint density at radius 3 is 2.82 bits per heavy atom. The summed E-state index contributed by atoms with van der Waals surface area (Å²) < 4.78 is 5.51. The van der Waals surface area contributed by atoms with E-state index in [1.165, 1.54) is 25.7 Å². The fraction of sp³-hybridized carbons (Fsp3) is 0.556. The minimum absolute atomic E-state index is 0.0531. The van der Waals surface area contributed by atoms with Crippen LogP contribution in [0.25, 0.3) is 10.9 Å². The zero-order valence-corrected chi connectivity index (χ0v) is 19.6. The SMILES string of the molecule is C=C[C@H]1CN2CC[C@H]1C[C@H]2[C@H](NC(=O)NC1CCCCC1)c1ccnc2ccc(OC)cc12. The van der Waals surface area contributed by atoms with Crippen molar-refractivity contribution in [1.29, 1.82) is 0 Å². The highest BCUT2D eigenvalue weighted by Gasteiger charge is 2.43. The summed E-state index contributed by atoms with van der Waals surface area (Å²) in [6, 6.07) is 8.43. The first-order chi connectivity index (χ1) is 16.2. The molecule has 4 aliphatic rings. The van der Waals surface area contributed by atoms with Gasteiger partial charge in [-0.15, -0.1) is 6.58 Å². The second-order valence-electron chi connectivity index (χ2n) is 9.96. The van der Waals surface area contributed by atoms with E-state index in [-0.39, 0.29) is 24.2 Å². The lowest BCUT2D eigenvalue weighted by Crippen LogP contribution is -2.58. The van der Waals surface area contributed by atoms with Gasteiger partial charge in [-0.05, 0) is 73.9 Å². The van der Waals surface area contributed by atoms with Crippen LogP contribution in [0.15, 0.2) is 43.1 Å². The molecule has 1 aromatic carbocycles. The molecule has 6 nitrogen and oxygen atoms in total. The molecule has 5 atom stereocenters. The number of urea groups is 1. The van der Waals surface area contributed by atoms with Gasteiger partial charge in [0.1, 0.15) is 5.75 Å². The van der Waals surface area contributed by atoms with Gasteiger partial charge < -0.3 is 15.4 Å². The molecule has 33 heavy (non-hydrogen) atoms. The van der Waals surface area contributed by atoms with Crippen LogP contribution in [0.1, 0.15) is 56.6 Å². The summed E-state index contributed by atoms with van der Waals surface area (Å²) in [5, 5.41) is 7.72. The molecule has 2 N–H and O–H groups in total. The first kappa shape index (κ1) is 22.2. The molecule has 4 fully saturated rings. The van der Waals surface area contributed by atoms with Crippen LogP contribution in [0.4, 0.5) is 4.79 Å². The summed E-state index contributed by atoms with van der Waals surface area (Å²) in [5.74, 6) is 1.98. The largest absolute Gasteiger partial charge is 0.497 e. The Morgan fingerprint density at radius 1 is 1.24 bits per heavy atom. The van der Waals surface area contributed by atoms with Gasteiger partial charge in [0.2, 0.25) is 0 Å². The number of rotatable bonds is 6. The van der Waals surface area contributed by atoms with E-state index in [0.29, 0.717) is 11.8 Å². The minimum Gasteiger partial charge on any atom is -0.497 e. The van der Waals surface area contributed by atoms with Crippen molar-refractivity contribution in [2.24, 2.45) is 11.8 Å². The predicted molar refractivity (Wildman–Crippen MR) is 131 cm³/mol. The quantitative estimate of drug-likeness (QED) is 0.622. The van der Waals surface area contributed by atoms with Crippen molar-refractivity contribution in [1.82, 2.24) is 20.5 Å². The maximum atomic E-state index is 13.2. The van der Waals surface area contributed by atoms with Crippen molar-refractivity contribution in [3.63, 3.8) is 0 Å². The number of amides is 2. The third-order valence-electron chi connectivity index (χ3n) is 8.08. The second kappa shape index (κ2) is 9.72. The minimum atomic E-state index is -0.111. The topological polar surface area (TPSA) is 66.5 Å². The number of methoxy groups -OCH3 is 1. The normalized spacial score (nSPS) is 28.3. The van der Waals surface area contributed by atoms with Crippen LogP contribution in [0.3, 0.4) is 0 Å². The van der Waals surface area contributed by atoms with Crippen molar-refractivity contribution in [3.05, 3.63) is 48.7 Å². The van der Waals surface area contributed by atoms with Gasteiger partial charge in [-0.1, -0.05) is 25.3 Å². The van der Waals surface area contributed by atoms with Crippen LogP contribution in [0.5, 0.6) is 5.75 Å². The number of hydrogen-bond acceptors (Lipinski definition) is 4. The number of nitrogens with zero attached hydrogens (tertiary/aromatic N) is 2. The molecular weight excluding hydrogens is 412 g/mol. The molecule has 176 valence electrons. The molecule has 2 aromatic rings. The molecule has 1 aromatic heterocycles. The van der Waals surface area contributed by atoms with Gasteiger partial charge in [-0.2, -0.15) is 0 Å². The molecule has 2 bridgehead atoms. The van der Waals surface area contributed by atoms with Crippen LogP contribution < -0.4 is 15.4 Å². The van der Waals surface area contributed by atoms with E-state index in [9.17, 15) is 4.79 Å². The van der Waals surface area contributed by atoms with Crippen LogP contribution in [0.2, 0.25) is 0 Å². The Hall–Kier alpha value is -2.60. The average Bonchev–Trinajstić information content (AvgIpc) is 2.87. The molecule has 2 amide bonds. The van der Waals surface area contributed by atoms with Gasteiger partial charge in [-0.3, -0.25) is 9.88 Å². The number of nitrogens with one attached hydrogen (secondary N) is 2. The van der Waals surface area contributed by atoms with Crippen molar-refractivity contribution < 1.29 is 9.53 Å². The molecule has 1 saturated carbocycles. The molecule has 4 heterocycles. The number of piperidine rings is 3. The maximum absolute atomic E-state index is 13.2. The fourth-order valence-electron chi connectivity index (χ4n) is 6.27. The monoisotopic (exact) mass is 448 g/mol. The van der Waals surface area contributed by atoms with Crippen molar-refractivity contribution in [3.8, 4) is 5.75 Å². The lowest BCUT2D eigenvalue weighted by atomic mass is 9.73. The Morgan fingerprint density at radius 2 is 2.09 bits per heavy atom. The summed E-state index contributed by atoms with van der Waals surface area (Å²) in [4.78, 5) is 20.4. The van der Waals surface area contributed by atoms with E-state index in [1.54, 1.807) is 7.11 Å². The van der Waals surface area contributed by atoms with Gasteiger partial charge in [0, 0.05) is 30.2 Å². The lowest BCUT2D eigenvalue weighted by molar-refractivity contribution is 0.00305. The number of benzene rings is 1. The molecular formula is C27H36N4O2. The molecule has 0 spiro atoms. The Bertz CT molecular complexity index is 1000. The van der Waals surface area contributed by atoms with Gasteiger partial charge in [0.05, 0.1) is 18.7 Å². The Kier molecular flexibility index (Phi) is 6.54. The number of pyridine rings is 1. The highest BCUT2D eigenvalue weighted by molar-refractivity contribution is 5.85. The summed E-state index contributed by atoms with van der Waals surface area (Å²) >= 11 is 0. The first-order valence-corrected chi connectivity index (χ1v) is 12.5. The fourth-order valence-corrected chi connectivity index (χ4v) is 6.27. The number of ether oxygens (including phenoxy) is 1. The van der Waals surface area contributed by atoms with E-state index in [0.717, 1.165) is 54.6 Å². The summed E-state index contributed by atoms with van der Waals surface area (Å²) in [7, 11) is 1.69. The third kappa shape index (κ3) is 4.58. The molecule has 3 saturated heterocycles. The van der Waals surface area contributed by atoms with Crippen molar-refractivity contribution in [2.45, 2.75) is 63.1 Å². The predicted octanol–water partition coefficient (Wildman–Crippen LogP) is 4.81. The van der Waals surface area contributed by atoms with Crippen LogP contribution >= 0.6 is 0 Å². The van der Waals surface area contributed by atoms with E-state index in [1.807, 2.05) is 24.4 Å². The van der Waals surface area contributed by atoms with Crippen LogP contribution in [-0.2, 0) is 0 Å². The lowest BCUT2D eigenvalue weighted by Gasteiger charge is -2.51. The number of hydrogen-bond donors (Lipinski definition) is 2. The van der Waals surface area contributed by atoms with E-state index >= 15 is 0 Å². The Balaban J connectivity index is 1.47. The summed E-state index contributed by atoms with van der Waals surface area (Å²) in [6.07, 6.45) is 12.1. The van der Waals surface area contributed by atoms with Gasteiger partial charge in [-0.25, -0.2) is 4.79 Å². The summed E-state index contributed by atoms with van der Waals surface area (Å²) in [6.45, 7) is 6.18. The number of carbonyl (C=O) groups excluding carboxylic acids is 1. The number of aromatic nitrogens is 1. The molecule has 6 heteroatoms. The van der Waals surface area contributed by atoms with Crippen molar-refractivity contribution >= 4 is 16.9 Å². The zero-order valence-electron chi connectivity index (χ0n) is 19.6. The molecule has 1 unspecified atom stereocenters. The maximum Gasteiger partial charge on any atom is 0.315 e. The summed E-state index contributed by atoms with van der Waals surface area (Å²) in [5.41, 5.74) is 2.04. The Labute approximate surface area is 196 Å². The van der Waals surface area contributed by atoms with Gasteiger partial charge in [0.25, 0.3) is 0 Å². The van der Waals surface area contributed by atoms with Crippen LogP contribution in [-0.4, -0.2) is 48.2 Å². The molecule has 0 radical (unpaired) electrons. The second-order valence-corrected chi connectivity index (χ2v) is 9.96. The average molecular weight is 449 g/mol. The van der Waals surface area contributed by atoms with E-state index in [4.69, 9.17) is 4.74 Å². The molecule has 6 rings (SSSR count). The third-order valence-corrected chi connectivity index (χ3v) is 8.08. The highest BCUT2D eigenvalue weighted by Crippen LogP contribution is 2.42. The van der Waals surface area contributed by atoms with Gasteiger partial charge >= 0.3 is 6.03 Å². The smallest absolute Gasteiger partial charge is 0.315 e. The standard InChI is InChI=1S/C27H36N4O2/c1-3-18-17-31-14-12-19(18)15-25(31)26(30-27(32)29-20-7-5-4-6-8-20)22-11-13-28-24-10-9-21(33-2)16-23(22)24/h3,9-11,13,16,18-20,25-26H,1,4-8,12,14-15,17H2,2H3,(H2,29,30,32)/t18-,19-,25-,26+/m0/s1. The van der Waals surface area contributed by atoms with Crippen molar-refractivity contribution in [2.75, 3.05) is 20.2 Å². The van der Waals surface area contributed by atoms with E-state index < -0.39 is 0 Å². The zero-order chi connectivity index (χ0) is 22.8. The number of fused-ring (bicyclic) bond motifs is 4. The van der Waals surface area contributed by atoms with Gasteiger partial charge in [0.15, 0.2) is 0 Å². The number of carbonyl (C=O) groups is 1. The van der Waals surface area contributed by atoms with Crippen LogP contribution in [0, 0.1) is 11.8 Å². The first-order valence-electron chi connectivity index (χ1n) is 12.5. The highest BCUT2D eigenvalue weighted by atomic mass is 16.5. The van der Waals surface area contributed by atoms with E-state index in [2.05, 4.69) is 39.2 Å². The molecule has 3 aliphatic heterocycles. The molecule has 1 aliphatic carbocycles.